The fourth-order valence-electron chi connectivity index (χ4n) is 6.66. The van der Waals surface area contributed by atoms with Gasteiger partial charge in [-0.25, -0.2) is 0 Å². The Hall–Kier alpha value is -6.64. The Morgan fingerprint density at radius 1 is 0.220 bits per heavy atom. The van der Waals surface area contributed by atoms with Crippen LogP contribution in [0, 0.1) is 0 Å². The summed E-state index contributed by atoms with van der Waals surface area (Å²) in [4.78, 5) is 4.77. The third kappa shape index (κ3) is 6.31. The maximum atomic E-state index is 2.39. The third-order valence-electron chi connectivity index (χ3n) is 9.04. The van der Waals surface area contributed by atoms with Crippen LogP contribution in [-0.2, 0) is 0 Å². The van der Waals surface area contributed by atoms with E-state index in [4.69, 9.17) is 0 Å². The summed E-state index contributed by atoms with van der Waals surface area (Å²) in [5.74, 6) is 0. The second kappa shape index (κ2) is 14.2. The highest BCUT2D eigenvalue weighted by atomic mass is 15.2. The average Bonchev–Trinajstić information content (AvgIpc) is 3.21. The van der Waals surface area contributed by atoms with Gasteiger partial charge in [0, 0.05) is 33.9 Å². The van der Waals surface area contributed by atoms with E-state index in [1.165, 1.54) is 11.1 Å². The smallest absolute Gasteiger partial charge is 0.0561 e. The van der Waals surface area contributed by atoms with Gasteiger partial charge in [-0.15, -0.1) is 0 Å². The molecule has 8 aromatic rings. The minimum absolute atomic E-state index is 1.08. The van der Waals surface area contributed by atoms with E-state index in [-0.39, 0.29) is 0 Å². The van der Waals surface area contributed by atoms with Gasteiger partial charge >= 0.3 is 0 Å². The van der Waals surface area contributed by atoms with Crippen molar-refractivity contribution >= 4 is 34.1 Å². The van der Waals surface area contributed by atoms with Crippen molar-refractivity contribution in [3.05, 3.63) is 218 Å². The number of hydrogen-bond acceptors (Lipinski definition) is 2. The van der Waals surface area contributed by atoms with E-state index >= 15 is 0 Å². The summed E-state index contributed by atoms with van der Waals surface area (Å²) in [5, 5.41) is 0. The Kier molecular flexibility index (Phi) is 8.73. The van der Waals surface area contributed by atoms with E-state index in [2.05, 4.69) is 228 Å². The molecule has 0 saturated heterocycles. The first-order valence-electron chi connectivity index (χ1n) is 17.0. The molecule has 2 nitrogen and oxygen atoms in total. The average molecular weight is 641 g/mol. The fraction of sp³-hybridized carbons (Fsp3) is 0. The molecule has 0 bridgehead atoms. The Morgan fingerprint density at radius 2 is 0.500 bits per heavy atom. The van der Waals surface area contributed by atoms with Gasteiger partial charge in [0.1, 0.15) is 0 Å². The van der Waals surface area contributed by atoms with Gasteiger partial charge < -0.3 is 9.80 Å². The lowest BCUT2D eigenvalue weighted by molar-refractivity contribution is 1.25. The summed E-state index contributed by atoms with van der Waals surface area (Å²) in [7, 11) is 0. The van der Waals surface area contributed by atoms with Gasteiger partial charge in [0.05, 0.1) is 11.4 Å². The SMILES string of the molecule is c1ccc(-c2ccc(N(c3ccccc3)c3cc(N(c4ccccc4)c4ccccc4)c(-c4ccccc4)cc3-c3ccccc3)cc2)cc1. The zero-order valence-corrected chi connectivity index (χ0v) is 27.7. The molecule has 0 spiro atoms. The molecule has 0 saturated carbocycles. The van der Waals surface area contributed by atoms with Crippen molar-refractivity contribution < 1.29 is 0 Å². The molecule has 0 unspecified atom stereocenters. The Balaban J connectivity index is 1.43. The lowest BCUT2D eigenvalue weighted by atomic mass is 9.93. The van der Waals surface area contributed by atoms with Crippen molar-refractivity contribution in [3.63, 3.8) is 0 Å². The predicted octanol–water partition coefficient (Wildman–Crippen LogP) is 13.6. The molecule has 8 aromatic carbocycles. The van der Waals surface area contributed by atoms with Gasteiger partial charge in [-0.3, -0.25) is 0 Å². The molecule has 0 heterocycles. The van der Waals surface area contributed by atoms with E-state index in [1.54, 1.807) is 0 Å². The first-order valence-corrected chi connectivity index (χ1v) is 17.0. The van der Waals surface area contributed by atoms with Gasteiger partial charge in [-0.05, 0) is 82.9 Å². The summed E-state index contributed by atoms with van der Waals surface area (Å²) < 4.78 is 0. The molecule has 0 aliphatic rings. The molecular weight excluding hydrogens is 605 g/mol. The highest BCUT2D eigenvalue weighted by Gasteiger charge is 2.24. The quantitative estimate of drug-likeness (QED) is 0.155. The van der Waals surface area contributed by atoms with Crippen molar-refractivity contribution in [2.75, 3.05) is 9.80 Å². The molecule has 0 radical (unpaired) electrons. The lowest BCUT2D eigenvalue weighted by Gasteiger charge is -2.33. The number of hydrogen-bond donors (Lipinski definition) is 0. The van der Waals surface area contributed by atoms with Gasteiger partial charge in [-0.1, -0.05) is 158 Å². The number of anilines is 6. The summed E-state index contributed by atoms with van der Waals surface area (Å²) in [6.45, 7) is 0. The summed E-state index contributed by atoms with van der Waals surface area (Å²) >= 11 is 0. The zero-order valence-electron chi connectivity index (χ0n) is 27.7. The van der Waals surface area contributed by atoms with Crippen molar-refractivity contribution in [1.29, 1.82) is 0 Å². The van der Waals surface area contributed by atoms with Crippen molar-refractivity contribution in [2.45, 2.75) is 0 Å². The molecule has 0 amide bonds. The number of para-hydroxylation sites is 3. The number of rotatable bonds is 9. The van der Waals surface area contributed by atoms with Gasteiger partial charge in [0.15, 0.2) is 0 Å². The van der Waals surface area contributed by atoms with Crippen molar-refractivity contribution in [3.8, 4) is 33.4 Å². The first kappa shape index (κ1) is 30.7. The Morgan fingerprint density at radius 3 is 0.860 bits per heavy atom. The van der Waals surface area contributed by atoms with Crippen LogP contribution in [0.5, 0.6) is 0 Å². The predicted molar refractivity (Wildman–Crippen MR) is 212 cm³/mol. The van der Waals surface area contributed by atoms with E-state index in [0.29, 0.717) is 0 Å². The molecule has 0 atom stereocenters. The Bertz CT molecular complexity index is 2230. The molecule has 0 aliphatic heterocycles. The molecule has 238 valence electrons. The highest BCUT2D eigenvalue weighted by Crippen LogP contribution is 2.49. The molecule has 2 heteroatoms. The molecule has 0 aliphatic carbocycles. The summed E-state index contributed by atoms with van der Waals surface area (Å²) in [6.07, 6.45) is 0. The lowest BCUT2D eigenvalue weighted by Crippen LogP contribution is -2.15. The molecule has 50 heavy (non-hydrogen) atoms. The Labute approximate surface area is 294 Å². The normalized spacial score (nSPS) is 10.8. The van der Waals surface area contributed by atoms with Crippen molar-refractivity contribution in [2.24, 2.45) is 0 Å². The van der Waals surface area contributed by atoms with Crippen LogP contribution in [0.4, 0.5) is 34.1 Å². The largest absolute Gasteiger partial charge is 0.310 e. The van der Waals surface area contributed by atoms with E-state index in [1.807, 2.05) is 0 Å². The van der Waals surface area contributed by atoms with Crippen LogP contribution in [0.3, 0.4) is 0 Å². The highest BCUT2D eigenvalue weighted by molar-refractivity contribution is 5.98. The maximum Gasteiger partial charge on any atom is 0.0561 e. The van der Waals surface area contributed by atoms with Gasteiger partial charge in [-0.2, -0.15) is 0 Å². The standard InChI is InChI=1S/C48H36N2/c1-7-19-37(20-8-1)38-31-33-44(34-32-38)50(43-29-17-6-18-30-43)48-36-47(49(41-25-13-4-14-26-41)42-27-15-5-16-28-42)45(39-21-9-2-10-22-39)35-46(48)40-23-11-3-12-24-40/h1-36H. The molecule has 8 rings (SSSR count). The monoisotopic (exact) mass is 640 g/mol. The van der Waals surface area contributed by atoms with E-state index in [0.717, 1.165) is 56.4 Å². The molecule has 0 fully saturated rings. The van der Waals surface area contributed by atoms with Crippen LogP contribution >= 0.6 is 0 Å². The van der Waals surface area contributed by atoms with Crippen LogP contribution < -0.4 is 9.80 Å². The van der Waals surface area contributed by atoms with Crippen LogP contribution in [0.1, 0.15) is 0 Å². The second-order valence-corrected chi connectivity index (χ2v) is 12.2. The molecule has 0 N–H and O–H groups in total. The van der Waals surface area contributed by atoms with Crippen LogP contribution in [-0.4, -0.2) is 0 Å². The van der Waals surface area contributed by atoms with Crippen LogP contribution in [0.15, 0.2) is 218 Å². The maximum absolute atomic E-state index is 2.39. The minimum atomic E-state index is 1.08. The number of benzene rings is 8. The molecular formula is C48H36N2. The molecule has 0 aromatic heterocycles. The topological polar surface area (TPSA) is 6.48 Å². The van der Waals surface area contributed by atoms with Gasteiger partial charge in [0.25, 0.3) is 0 Å². The third-order valence-corrected chi connectivity index (χ3v) is 9.04. The van der Waals surface area contributed by atoms with E-state index < -0.39 is 0 Å². The summed E-state index contributed by atoms with van der Waals surface area (Å²) in [6, 6.07) is 77.7. The zero-order chi connectivity index (χ0) is 33.5. The summed E-state index contributed by atoms with van der Waals surface area (Å²) in [5.41, 5.74) is 13.5. The first-order chi connectivity index (χ1) is 24.8. The van der Waals surface area contributed by atoms with Crippen molar-refractivity contribution in [1.82, 2.24) is 0 Å². The van der Waals surface area contributed by atoms with Gasteiger partial charge in [0.2, 0.25) is 0 Å². The number of nitrogens with zero attached hydrogens (tertiary/aromatic N) is 2. The van der Waals surface area contributed by atoms with E-state index in [9.17, 15) is 0 Å². The second-order valence-electron chi connectivity index (χ2n) is 12.2. The van der Waals surface area contributed by atoms with Crippen LogP contribution in [0.2, 0.25) is 0 Å². The van der Waals surface area contributed by atoms with Crippen LogP contribution in [0.25, 0.3) is 33.4 Å². The fourth-order valence-corrected chi connectivity index (χ4v) is 6.66. The minimum Gasteiger partial charge on any atom is -0.310 e.